The molecule has 5 heteroatoms. The van der Waals surface area contributed by atoms with Crippen molar-refractivity contribution in [2.24, 2.45) is 0 Å². The van der Waals surface area contributed by atoms with Gasteiger partial charge < -0.3 is 15.0 Å². The molecule has 0 spiro atoms. The number of piperidine rings is 1. The first-order valence-electron chi connectivity index (χ1n) is 8.95. The zero-order valence-electron chi connectivity index (χ0n) is 14.7. The lowest BCUT2D eigenvalue weighted by atomic mass is 10.0. The number of nitrogens with one attached hydrogen (secondary N) is 1. The average molecular weight is 369 g/mol. The lowest BCUT2D eigenvalue weighted by Gasteiger charge is -2.28. The van der Waals surface area contributed by atoms with E-state index in [0.717, 1.165) is 24.2 Å². The summed E-state index contributed by atoms with van der Waals surface area (Å²) in [6, 6.07) is 12.0. The van der Waals surface area contributed by atoms with Crippen LogP contribution >= 0.6 is 11.6 Å². The van der Waals surface area contributed by atoms with Gasteiger partial charge in [0, 0.05) is 29.7 Å². The molecule has 1 saturated heterocycles. The number of nitrogens with zero attached hydrogens (tertiary/aromatic N) is 1. The van der Waals surface area contributed by atoms with Crippen LogP contribution in [0.3, 0.4) is 0 Å². The molecule has 0 bridgehead atoms. The highest BCUT2D eigenvalue weighted by Gasteiger charge is 2.18. The molecular formula is C21H21ClN2O2. The van der Waals surface area contributed by atoms with E-state index in [-0.39, 0.29) is 11.7 Å². The molecule has 0 radical (unpaired) electrons. The molecule has 1 aliphatic rings. The summed E-state index contributed by atoms with van der Waals surface area (Å²) < 4.78 is 0. The number of halogens is 1. The van der Waals surface area contributed by atoms with Crippen molar-refractivity contribution in [3.05, 3.63) is 47.0 Å². The fraction of sp³-hybridized carbons (Fsp3) is 0.286. The minimum Gasteiger partial charge on any atom is -0.494 e. The first-order chi connectivity index (χ1) is 12.5. The molecule has 3 aromatic rings. The van der Waals surface area contributed by atoms with Gasteiger partial charge in [0.2, 0.25) is 5.88 Å². The molecule has 1 aliphatic heterocycles. The molecule has 1 aromatic heterocycles. The first kappa shape index (κ1) is 17.0. The molecule has 4 rings (SSSR count). The van der Waals surface area contributed by atoms with Crippen molar-refractivity contribution in [2.75, 3.05) is 18.0 Å². The molecule has 2 N–H and O–H groups in total. The first-order valence-corrected chi connectivity index (χ1v) is 9.33. The fourth-order valence-corrected chi connectivity index (χ4v) is 4.06. The van der Waals surface area contributed by atoms with E-state index < -0.39 is 0 Å². The predicted octanol–water partition coefficient (Wildman–Crippen LogP) is 5.39. The van der Waals surface area contributed by atoms with Crippen LogP contribution in [0.25, 0.3) is 22.0 Å². The number of H-pyrrole nitrogens is 1. The molecule has 4 nitrogen and oxygen atoms in total. The van der Waals surface area contributed by atoms with Gasteiger partial charge in [-0.2, -0.15) is 0 Å². The third kappa shape index (κ3) is 2.95. The number of aromatic hydroxyl groups is 1. The van der Waals surface area contributed by atoms with E-state index in [0.29, 0.717) is 21.5 Å². The quantitative estimate of drug-likeness (QED) is 0.609. The number of benzene rings is 2. The van der Waals surface area contributed by atoms with E-state index in [1.165, 1.54) is 31.9 Å². The van der Waals surface area contributed by atoms with Gasteiger partial charge in [-0.15, -0.1) is 0 Å². The van der Waals surface area contributed by atoms with E-state index >= 15 is 0 Å². The summed E-state index contributed by atoms with van der Waals surface area (Å²) in [6.07, 6.45) is 3.80. The molecule has 134 valence electrons. The van der Waals surface area contributed by atoms with Crippen LogP contribution in [0.5, 0.6) is 5.88 Å². The second-order valence-electron chi connectivity index (χ2n) is 6.88. The molecule has 0 unspecified atom stereocenters. The van der Waals surface area contributed by atoms with Gasteiger partial charge in [0.1, 0.15) is 0 Å². The van der Waals surface area contributed by atoms with Crippen molar-refractivity contribution in [2.45, 2.75) is 26.2 Å². The number of anilines is 1. The van der Waals surface area contributed by atoms with E-state index in [1.807, 2.05) is 6.07 Å². The Morgan fingerprint density at radius 1 is 1.12 bits per heavy atom. The number of hydrogen-bond acceptors (Lipinski definition) is 3. The number of ketones is 1. The summed E-state index contributed by atoms with van der Waals surface area (Å²) >= 11 is 6.47. The van der Waals surface area contributed by atoms with Crippen LogP contribution in [0.15, 0.2) is 36.4 Å². The molecule has 0 aliphatic carbocycles. The second kappa shape index (κ2) is 6.69. The maximum atomic E-state index is 11.9. The largest absolute Gasteiger partial charge is 0.494 e. The van der Waals surface area contributed by atoms with Crippen molar-refractivity contribution in [1.82, 2.24) is 4.98 Å². The normalized spacial score (nSPS) is 14.8. The Bertz CT molecular complexity index is 970. The highest BCUT2D eigenvalue weighted by atomic mass is 35.5. The number of fused-ring (bicyclic) bond motifs is 1. The van der Waals surface area contributed by atoms with Gasteiger partial charge in [0.15, 0.2) is 5.78 Å². The smallest absolute Gasteiger partial charge is 0.200 e. The van der Waals surface area contributed by atoms with Gasteiger partial charge in [-0.25, -0.2) is 0 Å². The minimum atomic E-state index is -0.178. The summed E-state index contributed by atoms with van der Waals surface area (Å²) in [7, 11) is 0. The van der Waals surface area contributed by atoms with Crippen molar-refractivity contribution in [3.63, 3.8) is 0 Å². The summed E-state index contributed by atoms with van der Waals surface area (Å²) in [6.45, 7) is 3.66. The molecule has 0 atom stereocenters. The molecule has 1 fully saturated rings. The Balaban J connectivity index is 1.74. The summed E-state index contributed by atoms with van der Waals surface area (Å²) in [5, 5.41) is 11.3. The van der Waals surface area contributed by atoms with Crippen molar-refractivity contribution >= 4 is 34.0 Å². The Labute approximate surface area is 157 Å². The molecule has 2 heterocycles. The number of carbonyl (C=O) groups is 1. The fourth-order valence-electron chi connectivity index (χ4n) is 3.78. The summed E-state index contributed by atoms with van der Waals surface area (Å²) in [5.74, 6) is -0.288. The number of carbonyl (C=O) groups excluding carboxylic acids is 1. The van der Waals surface area contributed by atoms with Gasteiger partial charge in [0.25, 0.3) is 0 Å². The zero-order valence-corrected chi connectivity index (χ0v) is 15.4. The summed E-state index contributed by atoms with van der Waals surface area (Å²) in [4.78, 5) is 17.1. The van der Waals surface area contributed by atoms with Crippen LogP contribution < -0.4 is 4.90 Å². The number of rotatable bonds is 3. The van der Waals surface area contributed by atoms with Crippen LogP contribution in [0.2, 0.25) is 5.02 Å². The van der Waals surface area contributed by atoms with E-state index in [2.05, 4.69) is 34.1 Å². The maximum absolute atomic E-state index is 11.9. The van der Waals surface area contributed by atoms with Crippen LogP contribution in [0, 0.1) is 0 Å². The van der Waals surface area contributed by atoms with Crippen LogP contribution in [-0.4, -0.2) is 29.0 Å². The highest BCUT2D eigenvalue weighted by molar-refractivity contribution is 6.34. The number of Topliss-reactive ketones (excluding diaryl/α,β-unsaturated/α-hetero) is 1. The van der Waals surface area contributed by atoms with Gasteiger partial charge in [0.05, 0.1) is 16.1 Å². The standard InChI is InChI=1S/C21H21ClN2O2/c1-13(25)20-17-11-16(18(22)12-19(17)23-21(20)26)14-5-7-15(8-6-14)24-9-3-2-4-10-24/h5-8,11-12,23,26H,2-4,9-10H2,1H3. The van der Waals surface area contributed by atoms with Crippen molar-refractivity contribution in [1.29, 1.82) is 0 Å². The Morgan fingerprint density at radius 2 is 1.81 bits per heavy atom. The SMILES string of the molecule is CC(=O)c1c(O)[nH]c2cc(Cl)c(-c3ccc(N4CCCCC4)cc3)cc12. The van der Waals surface area contributed by atoms with E-state index in [1.54, 1.807) is 6.07 Å². The third-order valence-electron chi connectivity index (χ3n) is 5.12. The molecule has 0 saturated carbocycles. The number of aromatic amines is 1. The van der Waals surface area contributed by atoms with Crippen LogP contribution in [-0.2, 0) is 0 Å². The van der Waals surface area contributed by atoms with Gasteiger partial charge in [-0.3, -0.25) is 4.79 Å². The number of aromatic nitrogens is 1. The molecule has 26 heavy (non-hydrogen) atoms. The van der Waals surface area contributed by atoms with E-state index in [4.69, 9.17) is 11.6 Å². The van der Waals surface area contributed by atoms with Gasteiger partial charge >= 0.3 is 0 Å². The lowest BCUT2D eigenvalue weighted by Crippen LogP contribution is -2.29. The van der Waals surface area contributed by atoms with E-state index in [9.17, 15) is 9.90 Å². The Morgan fingerprint density at radius 3 is 2.46 bits per heavy atom. The molecular weight excluding hydrogens is 348 g/mol. The van der Waals surface area contributed by atoms with Crippen molar-refractivity contribution in [3.8, 4) is 17.0 Å². The molecule has 0 amide bonds. The van der Waals surface area contributed by atoms with Gasteiger partial charge in [-0.1, -0.05) is 23.7 Å². The monoisotopic (exact) mass is 368 g/mol. The third-order valence-corrected chi connectivity index (χ3v) is 5.43. The lowest BCUT2D eigenvalue weighted by molar-refractivity contribution is 0.101. The second-order valence-corrected chi connectivity index (χ2v) is 7.28. The topological polar surface area (TPSA) is 56.3 Å². The Hall–Kier alpha value is -2.46. The average Bonchev–Trinajstić information content (AvgIpc) is 2.96. The molecule has 2 aromatic carbocycles. The maximum Gasteiger partial charge on any atom is 0.200 e. The minimum absolute atomic E-state index is 0.110. The van der Waals surface area contributed by atoms with Crippen LogP contribution in [0.1, 0.15) is 36.5 Å². The summed E-state index contributed by atoms with van der Waals surface area (Å²) in [5.41, 5.74) is 4.04. The highest BCUT2D eigenvalue weighted by Crippen LogP contribution is 2.37. The zero-order chi connectivity index (χ0) is 18.3. The predicted molar refractivity (Wildman–Crippen MR) is 106 cm³/mol. The number of hydrogen-bond donors (Lipinski definition) is 2. The Kier molecular flexibility index (Phi) is 4.37. The van der Waals surface area contributed by atoms with Gasteiger partial charge in [-0.05, 0) is 56.0 Å². The van der Waals surface area contributed by atoms with Crippen molar-refractivity contribution < 1.29 is 9.90 Å². The van der Waals surface area contributed by atoms with Crippen LogP contribution in [0.4, 0.5) is 5.69 Å².